The van der Waals surface area contributed by atoms with Gasteiger partial charge in [-0.3, -0.25) is 14.5 Å². The lowest BCUT2D eigenvalue weighted by molar-refractivity contribution is -0.141. The van der Waals surface area contributed by atoms with E-state index in [9.17, 15) is 27.9 Å². The summed E-state index contributed by atoms with van der Waals surface area (Å²) in [5, 5.41) is 9.49. The van der Waals surface area contributed by atoms with E-state index in [-0.39, 0.29) is 31.0 Å². The molecule has 0 aromatic heterocycles. The average Bonchev–Trinajstić information content (AvgIpc) is 2.92. The van der Waals surface area contributed by atoms with Crippen LogP contribution in [0.25, 0.3) is 0 Å². The number of carboxylic acids is 1. The van der Waals surface area contributed by atoms with Crippen molar-refractivity contribution in [2.24, 2.45) is 11.8 Å². The van der Waals surface area contributed by atoms with Gasteiger partial charge in [-0.15, -0.1) is 0 Å². The minimum atomic E-state index is -3.57. The van der Waals surface area contributed by atoms with Crippen LogP contribution >= 0.6 is 0 Å². The van der Waals surface area contributed by atoms with Crippen LogP contribution in [-0.4, -0.2) is 98.3 Å². The Balaban J connectivity index is 1.71. The number of carboxylic acid groups (broad SMARTS) is 1. The second-order valence-electron chi connectivity index (χ2n) is 9.96. The molecule has 1 aliphatic carbocycles. The highest BCUT2D eigenvalue weighted by molar-refractivity contribution is 7.91. The first kappa shape index (κ1) is 28.5. The predicted molar refractivity (Wildman–Crippen MR) is 126 cm³/mol. The highest BCUT2D eigenvalue weighted by Crippen LogP contribution is 2.27. The second-order valence-corrected chi connectivity index (χ2v) is 12.2. The van der Waals surface area contributed by atoms with E-state index in [0.717, 1.165) is 30.6 Å². The van der Waals surface area contributed by atoms with E-state index < -0.39 is 39.0 Å². The van der Waals surface area contributed by atoms with Gasteiger partial charge in [0.2, 0.25) is 0 Å². The zero-order chi connectivity index (χ0) is 25.5. The maximum absolute atomic E-state index is 12.5. The van der Waals surface area contributed by atoms with Gasteiger partial charge in [0, 0.05) is 33.9 Å². The third kappa shape index (κ3) is 7.64. The minimum Gasteiger partial charge on any atom is -0.481 e. The Morgan fingerprint density at radius 1 is 1.18 bits per heavy atom. The van der Waals surface area contributed by atoms with Crippen molar-refractivity contribution in [1.29, 1.82) is 0 Å². The molecule has 1 heterocycles. The lowest BCUT2D eigenvalue weighted by Crippen LogP contribution is -2.41. The Kier molecular flexibility index (Phi) is 10.3. The van der Waals surface area contributed by atoms with Crippen LogP contribution in [0.3, 0.4) is 0 Å². The third-order valence-corrected chi connectivity index (χ3v) is 8.91. The monoisotopic (exact) mass is 504 g/mol. The fourth-order valence-electron chi connectivity index (χ4n) is 4.51. The van der Waals surface area contributed by atoms with Crippen LogP contribution in [0.4, 0.5) is 4.79 Å². The molecule has 3 amide bonds. The Morgan fingerprint density at radius 2 is 1.82 bits per heavy atom. The van der Waals surface area contributed by atoms with Crippen molar-refractivity contribution in [3.05, 3.63) is 0 Å². The summed E-state index contributed by atoms with van der Waals surface area (Å²) in [6.45, 7) is 4.29. The molecule has 2 rings (SSSR count). The van der Waals surface area contributed by atoms with E-state index >= 15 is 0 Å². The molecule has 0 bridgehead atoms. The van der Waals surface area contributed by atoms with Gasteiger partial charge in [0.1, 0.15) is 5.54 Å². The number of carbonyl (C=O) groups is 3. The molecule has 1 saturated carbocycles. The van der Waals surface area contributed by atoms with Crippen molar-refractivity contribution in [1.82, 2.24) is 9.80 Å². The lowest BCUT2D eigenvalue weighted by Gasteiger charge is -2.27. The standard InChI is InChI=1S/C23H40N2O8S/c1-23(2)21(28)25(22(29)24(23)3)12-5-7-18(20(26)27)16-34(30,31)14-6-13-33-15-17-8-10-19(32-4)11-9-17/h17-19H,5-16H2,1-4H3,(H,26,27). The molecule has 2 fully saturated rings. The van der Waals surface area contributed by atoms with Crippen molar-refractivity contribution in [2.45, 2.75) is 70.4 Å². The fourth-order valence-corrected chi connectivity index (χ4v) is 6.15. The summed E-state index contributed by atoms with van der Waals surface area (Å²) in [6.07, 6.45) is 5.06. The molecular formula is C23H40N2O8S. The topological polar surface area (TPSA) is 131 Å². The van der Waals surface area contributed by atoms with E-state index in [4.69, 9.17) is 9.47 Å². The first-order chi connectivity index (χ1) is 15.9. The summed E-state index contributed by atoms with van der Waals surface area (Å²) in [5.74, 6) is -2.74. The number of likely N-dealkylation sites (N-methyl/N-ethyl adjacent to an activating group) is 1. The molecule has 0 radical (unpaired) electrons. The molecule has 1 N–H and O–H groups in total. The van der Waals surface area contributed by atoms with E-state index in [2.05, 4.69) is 0 Å². The lowest BCUT2D eigenvalue weighted by atomic mass is 9.88. The quantitative estimate of drug-likeness (QED) is 0.281. The van der Waals surface area contributed by atoms with Crippen LogP contribution in [0.15, 0.2) is 0 Å². The summed E-state index contributed by atoms with van der Waals surface area (Å²) < 4.78 is 36.0. The molecule has 0 spiro atoms. The van der Waals surface area contributed by atoms with Gasteiger partial charge in [0.05, 0.1) is 23.5 Å². The Morgan fingerprint density at radius 3 is 2.35 bits per heavy atom. The van der Waals surface area contributed by atoms with E-state index in [1.807, 2.05) is 0 Å². The zero-order valence-corrected chi connectivity index (χ0v) is 21.6. The third-order valence-electron chi connectivity index (χ3n) is 7.09. The molecular weight excluding hydrogens is 464 g/mol. The molecule has 1 atom stereocenters. The number of hydrogen-bond donors (Lipinski definition) is 1. The number of rotatable bonds is 14. The summed E-state index contributed by atoms with van der Waals surface area (Å²) in [7, 11) is -0.301. The summed E-state index contributed by atoms with van der Waals surface area (Å²) in [6, 6.07) is -0.429. The van der Waals surface area contributed by atoms with Crippen molar-refractivity contribution < 1.29 is 37.4 Å². The van der Waals surface area contributed by atoms with E-state index in [0.29, 0.717) is 31.7 Å². The van der Waals surface area contributed by atoms with Gasteiger partial charge in [0.15, 0.2) is 9.84 Å². The van der Waals surface area contributed by atoms with Gasteiger partial charge < -0.3 is 19.5 Å². The first-order valence-corrected chi connectivity index (χ1v) is 13.8. The number of carbonyl (C=O) groups excluding carboxylic acids is 2. The number of aliphatic carboxylic acids is 1. The Bertz CT molecular complexity index is 821. The van der Waals surface area contributed by atoms with Crippen LogP contribution in [-0.2, 0) is 28.9 Å². The predicted octanol–water partition coefficient (Wildman–Crippen LogP) is 2.17. The average molecular weight is 505 g/mol. The molecule has 196 valence electrons. The molecule has 10 nitrogen and oxygen atoms in total. The summed E-state index contributed by atoms with van der Waals surface area (Å²) >= 11 is 0. The van der Waals surface area contributed by atoms with Crippen molar-refractivity contribution in [3.8, 4) is 0 Å². The number of ether oxygens (including phenoxy) is 2. The highest BCUT2D eigenvalue weighted by Gasteiger charge is 2.48. The maximum Gasteiger partial charge on any atom is 0.327 e. The van der Waals surface area contributed by atoms with Gasteiger partial charge in [-0.2, -0.15) is 0 Å². The van der Waals surface area contributed by atoms with Crippen LogP contribution in [0.2, 0.25) is 0 Å². The van der Waals surface area contributed by atoms with Crippen molar-refractivity contribution in [3.63, 3.8) is 0 Å². The number of urea groups is 1. The van der Waals surface area contributed by atoms with Crippen LogP contribution < -0.4 is 0 Å². The minimum absolute atomic E-state index is 0.0649. The number of sulfone groups is 1. The van der Waals surface area contributed by atoms with Gasteiger partial charge in [-0.1, -0.05) is 0 Å². The zero-order valence-electron chi connectivity index (χ0n) is 20.8. The Hall–Kier alpha value is -1.72. The Labute approximate surface area is 202 Å². The first-order valence-electron chi connectivity index (χ1n) is 12.0. The number of imide groups is 1. The molecule has 0 aromatic carbocycles. The van der Waals surface area contributed by atoms with Gasteiger partial charge >= 0.3 is 12.0 Å². The van der Waals surface area contributed by atoms with Gasteiger partial charge in [-0.25, -0.2) is 13.2 Å². The van der Waals surface area contributed by atoms with Crippen LogP contribution in [0, 0.1) is 11.8 Å². The van der Waals surface area contributed by atoms with Gasteiger partial charge in [0.25, 0.3) is 5.91 Å². The summed E-state index contributed by atoms with van der Waals surface area (Å²) in [5.41, 5.74) is -0.946. The number of nitrogens with zero attached hydrogens (tertiary/aromatic N) is 2. The molecule has 11 heteroatoms. The van der Waals surface area contributed by atoms with E-state index in [1.54, 1.807) is 28.0 Å². The van der Waals surface area contributed by atoms with Crippen LogP contribution in [0.1, 0.15) is 58.8 Å². The van der Waals surface area contributed by atoms with Gasteiger partial charge in [-0.05, 0) is 64.7 Å². The fraction of sp³-hybridized carbons (Fsp3) is 0.870. The van der Waals surface area contributed by atoms with Crippen LogP contribution in [0.5, 0.6) is 0 Å². The highest BCUT2D eigenvalue weighted by atomic mass is 32.2. The number of methoxy groups -OCH3 is 1. The molecule has 34 heavy (non-hydrogen) atoms. The van der Waals surface area contributed by atoms with E-state index in [1.165, 1.54) is 4.90 Å². The number of amides is 3. The summed E-state index contributed by atoms with van der Waals surface area (Å²) in [4.78, 5) is 38.8. The smallest absolute Gasteiger partial charge is 0.327 e. The molecule has 0 aromatic rings. The second kappa shape index (κ2) is 12.3. The SMILES string of the molecule is COC1CCC(COCCCS(=O)(=O)CC(CCCN2C(=O)N(C)C(C)(C)C2=O)C(=O)O)CC1. The van der Waals surface area contributed by atoms with Crippen molar-refractivity contribution in [2.75, 3.05) is 45.4 Å². The van der Waals surface area contributed by atoms with Crippen molar-refractivity contribution >= 4 is 27.7 Å². The largest absolute Gasteiger partial charge is 0.481 e. The maximum atomic E-state index is 12.5. The number of hydrogen-bond acceptors (Lipinski definition) is 7. The molecule has 1 unspecified atom stereocenters. The molecule has 1 aliphatic heterocycles. The molecule has 1 saturated heterocycles. The normalized spacial score (nSPS) is 24.0. The molecule has 2 aliphatic rings.